The lowest BCUT2D eigenvalue weighted by Gasteiger charge is -2.31. The van der Waals surface area contributed by atoms with Gasteiger partial charge in [-0.1, -0.05) is 0 Å². The second kappa shape index (κ2) is 6.68. The van der Waals surface area contributed by atoms with Crippen LogP contribution in [0.5, 0.6) is 0 Å². The smallest absolute Gasteiger partial charge is 0.229 e. The fraction of sp³-hybridized carbons (Fsp3) is 0.312. The molecule has 0 aliphatic carbocycles. The number of aromatic nitrogens is 2. The first-order chi connectivity index (χ1) is 11.1. The minimum atomic E-state index is -0.780. The summed E-state index contributed by atoms with van der Waals surface area (Å²) in [7, 11) is 0. The number of nitrogens with zero attached hydrogens (tertiary/aromatic N) is 3. The van der Waals surface area contributed by atoms with Crippen LogP contribution in [0.3, 0.4) is 0 Å². The lowest BCUT2D eigenvalue weighted by molar-refractivity contribution is -0.120. The highest BCUT2D eigenvalue weighted by Gasteiger charge is 2.27. The summed E-state index contributed by atoms with van der Waals surface area (Å²) in [5.41, 5.74) is -0.00974. The lowest BCUT2D eigenvalue weighted by Crippen LogP contribution is -2.41. The Bertz CT molecular complexity index is 696. The molecule has 0 bridgehead atoms. The fourth-order valence-corrected chi connectivity index (χ4v) is 2.65. The second-order valence-electron chi connectivity index (χ2n) is 5.45. The van der Waals surface area contributed by atoms with Gasteiger partial charge in [-0.05, 0) is 31.0 Å². The number of hydrogen-bond acceptors (Lipinski definition) is 4. The van der Waals surface area contributed by atoms with E-state index in [-0.39, 0.29) is 17.5 Å². The van der Waals surface area contributed by atoms with Gasteiger partial charge < -0.3 is 10.2 Å². The van der Waals surface area contributed by atoms with Crippen LogP contribution in [-0.2, 0) is 4.79 Å². The molecule has 2 aromatic rings. The molecule has 5 nitrogen and oxygen atoms in total. The van der Waals surface area contributed by atoms with E-state index in [1.807, 2.05) is 4.90 Å². The third-order valence-corrected chi connectivity index (χ3v) is 3.82. The van der Waals surface area contributed by atoms with Gasteiger partial charge in [0.05, 0.1) is 11.6 Å². The molecule has 0 unspecified atom stereocenters. The number of benzene rings is 1. The van der Waals surface area contributed by atoms with Crippen LogP contribution in [0.1, 0.15) is 12.8 Å². The molecule has 1 saturated heterocycles. The number of nitrogens with one attached hydrogen (secondary N) is 1. The summed E-state index contributed by atoms with van der Waals surface area (Å²) in [6.07, 6.45) is 4.83. The maximum atomic E-state index is 13.6. The summed E-state index contributed by atoms with van der Waals surface area (Å²) < 4.78 is 26.5. The van der Waals surface area contributed by atoms with E-state index in [4.69, 9.17) is 0 Å². The molecule has 3 rings (SSSR count). The Hall–Kier alpha value is -2.57. The average Bonchev–Trinajstić information content (AvgIpc) is 2.58. The van der Waals surface area contributed by atoms with Gasteiger partial charge in [0.15, 0.2) is 0 Å². The summed E-state index contributed by atoms with van der Waals surface area (Å²) in [5.74, 6) is -1.45. The molecule has 1 aliphatic heterocycles. The molecule has 1 fully saturated rings. The molecule has 120 valence electrons. The second-order valence-corrected chi connectivity index (χ2v) is 5.45. The van der Waals surface area contributed by atoms with Crippen LogP contribution >= 0.6 is 0 Å². The van der Waals surface area contributed by atoms with Gasteiger partial charge in [0, 0.05) is 31.5 Å². The highest BCUT2D eigenvalue weighted by molar-refractivity contribution is 5.93. The first-order valence-electron chi connectivity index (χ1n) is 7.41. The molecular formula is C16H16F2N4O. The van der Waals surface area contributed by atoms with Gasteiger partial charge in [0.2, 0.25) is 11.9 Å². The van der Waals surface area contributed by atoms with E-state index >= 15 is 0 Å². The molecule has 0 spiro atoms. The minimum absolute atomic E-state index is 0.00974. The van der Waals surface area contributed by atoms with E-state index in [9.17, 15) is 13.6 Å². The Labute approximate surface area is 132 Å². The lowest BCUT2D eigenvalue weighted by atomic mass is 9.97. The van der Waals surface area contributed by atoms with Crippen LogP contribution in [0.15, 0.2) is 36.7 Å². The van der Waals surface area contributed by atoms with Crippen molar-refractivity contribution in [3.63, 3.8) is 0 Å². The first kappa shape index (κ1) is 15.3. The van der Waals surface area contributed by atoms with Gasteiger partial charge in [0.1, 0.15) is 11.6 Å². The number of carbonyl (C=O) groups excluding carboxylic acids is 1. The zero-order chi connectivity index (χ0) is 16.2. The van der Waals surface area contributed by atoms with Crippen LogP contribution in [0, 0.1) is 17.6 Å². The van der Waals surface area contributed by atoms with Crippen molar-refractivity contribution in [3.8, 4) is 0 Å². The maximum absolute atomic E-state index is 13.6. The molecule has 1 aromatic heterocycles. The number of carbonyl (C=O) groups is 1. The summed E-state index contributed by atoms with van der Waals surface area (Å²) >= 11 is 0. The van der Waals surface area contributed by atoms with Crippen molar-refractivity contribution in [3.05, 3.63) is 48.3 Å². The molecule has 0 saturated carbocycles. The van der Waals surface area contributed by atoms with Crippen molar-refractivity contribution >= 4 is 17.5 Å². The van der Waals surface area contributed by atoms with E-state index in [0.29, 0.717) is 18.9 Å². The zero-order valence-electron chi connectivity index (χ0n) is 12.4. The predicted octanol–water partition coefficient (Wildman–Crippen LogP) is 2.61. The van der Waals surface area contributed by atoms with Gasteiger partial charge in [-0.15, -0.1) is 0 Å². The quantitative estimate of drug-likeness (QED) is 0.945. The van der Waals surface area contributed by atoms with Crippen molar-refractivity contribution in [2.75, 3.05) is 23.3 Å². The minimum Gasteiger partial charge on any atom is -0.340 e. The van der Waals surface area contributed by atoms with E-state index in [0.717, 1.165) is 25.1 Å². The Kier molecular flexibility index (Phi) is 4.45. The van der Waals surface area contributed by atoms with Crippen LogP contribution in [0.2, 0.25) is 0 Å². The molecule has 1 amide bonds. The number of amides is 1. The van der Waals surface area contributed by atoms with Crippen molar-refractivity contribution in [2.24, 2.45) is 5.92 Å². The molecule has 2 heterocycles. The number of halogens is 2. The molecule has 1 N–H and O–H groups in total. The van der Waals surface area contributed by atoms with E-state index in [1.165, 1.54) is 6.07 Å². The molecule has 1 aliphatic rings. The maximum Gasteiger partial charge on any atom is 0.229 e. The Morgan fingerprint density at radius 3 is 2.78 bits per heavy atom. The standard InChI is InChI=1S/C16H16F2N4O/c17-12-4-5-14(13(18)9-12)21-15(23)11-3-1-8-22(10-11)16-19-6-2-7-20-16/h2,4-7,9,11H,1,3,8,10H2,(H,21,23)/t11-/m0/s1. The molecular weight excluding hydrogens is 302 g/mol. The van der Waals surface area contributed by atoms with E-state index in [2.05, 4.69) is 15.3 Å². The van der Waals surface area contributed by atoms with Gasteiger partial charge in [0.25, 0.3) is 0 Å². The largest absolute Gasteiger partial charge is 0.340 e. The molecule has 0 radical (unpaired) electrons. The third-order valence-electron chi connectivity index (χ3n) is 3.82. The topological polar surface area (TPSA) is 58.1 Å². The molecule has 7 heteroatoms. The SMILES string of the molecule is O=C(Nc1ccc(F)cc1F)[C@H]1CCCN(c2ncccn2)C1. The third kappa shape index (κ3) is 3.61. The highest BCUT2D eigenvalue weighted by Crippen LogP contribution is 2.22. The number of hydrogen-bond donors (Lipinski definition) is 1. The number of piperidine rings is 1. The van der Waals surface area contributed by atoms with Crippen LogP contribution in [0.4, 0.5) is 20.4 Å². The zero-order valence-corrected chi connectivity index (χ0v) is 12.4. The van der Waals surface area contributed by atoms with Crippen molar-refractivity contribution < 1.29 is 13.6 Å². The highest BCUT2D eigenvalue weighted by atomic mass is 19.1. The Balaban J connectivity index is 1.67. The summed E-state index contributed by atoms with van der Waals surface area (Å²) in [6, 6.07) is 4.82. The number of rotatable bonds is 3. The molecule has 23 heavy (non-hydrogen) atoms. The van der Waals surface area contributed by atoms with Crippen molar-refractivity contribution in [2.45, 2.75) is 12.8 Å². The summed E-state index contributed by atoms with van der Waals surface area (Å²) in [6.45, 7) is 1.25. The van der Waals surface area contributed by atoms with Gasteiger partial charge in [-0.25, -0.2) is 18.7 Å². The molecule has 1 atom stereocenters. The van der Waals surface area contributed by atoms with Crippen LogP contribution in [0.25, 0.3) is 0 Å². The van der Waals surface area contributed by atoms with Crippen LogP contribution < -0.4 is 10.2 Å². The average molecular weight is 318 g/mol. The summed E-state index contributed by atoms with van der Waals surface area (Å²) in [4.78, 5) is 22.7. The fourth-order valence-electron chi connectivity index (χ4n) is 2.65. The Morgan fingerprint density at radius 2 is 2.04 bits per heavy atom. The number of anilines is 2. The van der Waals surface area contributed by atoms with Crippen LogP contribution in [-0.4, -0.2) is 29.0 Å². The van der Waals surface area contributed by atoms with Crippen molar-refractivity contribution in [1.29, 1.82) is 0 Å². The van der Waals surface area contributed by atoms with E-state index < -0.39 is 11.6 Å². The van der Waals surface area contributed by atoms with Gasteiger partial charge in [-0.3, -0.25) is 4.79 Å². The molecule has 1 aromatic carbocycles. The van der Waals surface area contributed by atoms with E-state index in [1.54, 1.807) is 18.5 Å². The van der Waals surface area contributed by atoms with Gasteiger partial charge >= 0.3 is 0 Å². The normalized spacial score (nSPS) is 17.8. The predicted molar refractivity (Wildman–Crippen MR) is 82.0 cm³/mol. The monoisotopic (exact) mass is 318 g/mol. The first-order valence-corrected chi connectivity index (χ1v) is 7.41. The van der Waals surface area contributed by atoms with Gasteiger partial charge in [-0.2, -0.15) is 0 Å². The van der Waals surface area contributed by atoms with Crippen molar-refractivity contribution in [1.82, 2.24) is 9.97 Å². The summed E-state index contributed by atoms with van der Waals surface area (Å²) in [5, 5.41) is 2.53. The Morgan fingerprint density at radius 1 is 1.26 bits per heavy atom.